The summed E-state index contributed by atoms with van der Waals surface area (Å²) in [5.74, 6) is -1.41. The molecule has 2 nitrogen and oxygen atoms in total. The number of methoxy groups -OCH3 is 1. The number of halogens is 6. The van der Waals surface area contributed by atoms with Crippen LogP contribution in [0.5, 0.6) is 0 Å². The van der Waals surface area contributed by atoms with E-state index in [4.69, 9.17) is 58.0 Å². The number of ether oxygens (including phenoxy) is 1. The van der Waals surface area contributed by atoms with E-state index in [1.54, 1.807) is 0 Å². The third-order valence-electron chi connectivity index (χ3n) is 2.87. The molecule has 0 aliphatic carbocycles. The van der Waals surface area contributed by atoms with E-state index in [-0.39, 0.29) is 41.8 Å². The van der Waals surface area contributed by atoms with Gasteiger partial charge in [0.25, 0.3) is 0 Å². The van der Waals surface area contributed by atoms with Crippen molar-refractivity contribution >= 4 is 64.0 Å². The number of esters is 1. The highest BCUT2D eigenvalue weighted by Crippen LogP contribution is 2.48. The van der Waals surface area contributed by atoms with E-state index >= 15 is 0 Å². The fourth-order valence-corrected chi connectivity index (χ4v) is 3.15. The largest absolute Gasteiger partial charge is 0.465 e. The fraction of sp³-hybridized carbons (Fsp3) is 0.0714. The number of benzene rings is 2. The molecule has 0 spiro atoms. The van der Waals surface area contributed by atoms with Gasteiger partial charge < -0.3 is 4.74 Å². The molecule has 0 bridgehead atoms. The second-order valence-corrected chi connectivity index (χ2v) is 6.02. The van der Waals surface area contributed by atoms with Crippen molar-refractivity contribution in [2.75, 3.05) is 7.11 Å². The Morgan fingerprint density at radius 2 is 1.45 bits per heavy atom. The molecule has 0 N–H and O–H groups in total. The molecule has 0 saturated heterocycles. The summed E-state index contributed by atoms with van der Waals surface area (Å²) in [6.45, 7) is 0. The summed E-state index contributed by atoms with van der Waals surface area (Å²) < 4.78 is 18.8. The molecule has 2 aromatic carbocycles. The van der Waals surface area contributed by atoms with E-state index in [0.717, 1.165) is 6.07 Å². The Kier molecular flexibility index (Phi) is 5.46. The summed E-state index contributed by atoms with van der Waals surface area (Å²) in [6, 6.07) is 3.70. The van der Waals surface area contributed by atoms with E-state index in [0.29, 0.717) is 0 Å². The van der Waals surface area contributed by atoms with Gasteiger partial charge in [-0.25, -0.2) is 9.18 Å². The van der Waals surface area contributed by atoms with Crippen LogP contribution in [0.25, 0.3) is 11.1 Å². The molecule has 0 aliphatic rings. The van der Waals surface area contributed by atoms with E-state index in [2.05, 4.69) is 4.74 Å². The molecule has 8 heteroatoms. The van der Waals surface area contributed by atoms with Gasteiger partial charge in [-0.15, -0.1) is 0 Å². The highest BCUT2D eigenvalue weighted by molar-refractivity contribution is 6.56. The predicted octanol–water partition coefficient (Wildman–Crippen LogP) is 6.55. The van der Waals surface area contributed by atoms with Gasteiger partial charge in [0.1, 0.15) is 5.82 Å². The Labute approximate surface area is 150 Å². The lowest BCUT2D eigenvalue weighted by molar-refractivity contribution is 0.0600. The lowest BCUT2D eigenvalue weighted by atomic mass is 10.0. The number of hydrogen-bond donors (Lipinski definition) is 0. The molecular formula is C14H6Cl5FO2. The summed E-state index contributed by atoms with van der Waals surface area (Å²) in [7, 11) is 1.20. The van der Waals surface area contributed by atoms with Crippen molar-refractivity contribution in [3.05, 3.63) is 54.7 Å². The average molecular weight is 402 g/mol. The summed E-state index contributed by atoms with van der Waals surface area (Å²) in [5.41, 5.74) is 0.168. The summed E-state index contributed by atoms with van der Waals surface area (Å²) in [4.78, 5) is 11.4. The Hall–Kier alpha value is -0.710. The van der Waals surface area contributed by atoms with E-state index < -0.39 is 11.8 Å². The zero-order valence-electron chi connectivity index (χ0n) is 10.8. The van der Waals surface area contributed by atoms with Crippen molar-refractivity contribution in [3.63, 3.8) is 0 Å². The SMILES string of the molecule is COC(=O)c1ccc(-c2c(Cl)c(Cl)c(Cl)c(Cl)c2Cl)c(F)c1. The van der Waals surface area contributed by atoms with E-state index in [1.807, 2.05) is 0 Å². The van der Waals surface area contributed by atoms with Crippen molar-refractivity contribution < 1.29 is 13.9 Å². The summed E-state index contributed by atoms with van der Waals surface area (Å²) >= 11 is 30.0. The molecule has 0 saturated carbocycles. The molecule has 0 fully saturated rings. The summed E-state index contributed by atoms with van der Waals surface area (Å²) in [6.07, 6.45) is 0. The van der Waals surface area contributed by atoms with E-state index in [9.17, 15) is 9.18 Å². The number of hydrogen-bond acceptors (Lipinski definition) is 2. The summed E-state index contributed by atoms with van der Waals surface area (Å²) in [5, 5.41) is -0.168. The van der Waals surface area contributed by atoms with Gasteiger partial charge in [0.05, 0.1) is 37.8 Å². The van der Waals surface area contributed by atoms with Crippen molar-refractivity contribution in [1.82, 2.24) is 0 Å². The topological polar surface area (TPSA) is 26.3 Å². The maximum absolute atomic E-state index is 14.3. The predicted molar refractivity (Wildman–Crippen MR) is 88.2 cm³/mol. The van der Waals surface area contributed by atoms with Crippen LogP contribution in [-0.2, 0) is 4.74 Å². The standard InChI is InChI=1S/C14H6Cl5FO2/c1-22-14(21)5-2-3-6(7(20)4-5)8-9(15)11(17)13(19)12(18)10(8)16/h2-4H,1H3. The van der Waals surface area contributed by atoms with Gasteiger partial charge >= 0.3 is 5.97 Å². The second kappa shape index (κ2) is 6.81. The van der Waals surface area contributed by atoms with Crippen molar-refractivity contribution in [1.29, 1.82) is 0 Å². The molecule has 0 aliphatic heterocycles. The molecule has 0 amide bonds. The monoisotopic (exact) mass is 400 g/mol. The molecule has 22 heavy (non-hydrogen) atoms. The first-order valence-corrected chi connectivity index (χ1v) is 7.58. The quantitative estimate of drug-likeness (QED) is 0.324. The van der Waals surface area contributed by atoms with Crippen LogP contribution < -0.4 is 0 Å². The Morgan fingerprint density at radius 3 is 1.91 bits per heavy atom. The fourth-order valence-electron chi connectivity index (χ4n) is 1.80. The first-order valence-electron chi connectivity index (χ1n) is 5.69. The van der Waals surface area contributed by atoms with Gasteiger partial charge in [0.15, 0.2) is 0 Å². The van der Waals surface area contributed by atoms with Crippen molar-refractivity contribution in [2.24, 2.45) is 0 Å². The first-order chi connectivity index (χ1) is 10.3. The Balaban J connectivity index is 2.70. The maximum atomic E-state index is 14.3. The second-order valence-electron chi connectivity index (χ2n) is 4.13. The van der Waals surface area contributed by atoms with Crippen LogP contribution in [0, 0.1) is 5.82 Å². The van der Waals surface area contributed by atoms with Crippen molar-refractivity contribution in [3.8, 4) is 11.1 Å². The van der Waals surface area contributed by atoms with Crippen LogP contribution in [-0.4, -0.2) is 13.1 Å². The van der Waals surface area contributed by atoms with Crippen LogP contribution in [0.1, 0.15) is 10.4 Å². The smallest absolute Gasteiger partial charge is 0.337 e. The number of rotatable bonds is 2. The highest BCUT2D eigenvalue weighted by atomic mass is 35.5. The molecule has 2 rings (SSSR count). The van der Waals surface area contributed by atoms with Crippen LogP contribution in [0.2, 0.25) is 25.1 Å². The average Bonchev–Trinajstić information content (AvgIpc) is 2.51. The Morgan fingerprint density at radius 1 is 0.955 bits per heavy atom. The minimum atomic E-state index is -0.735. The molecule has 0 unspecified atom stereocenters. The van der Waals surface area contributed by atoms with E-state index in [1.165, 1.54) is 19.2 Å². The van der Waals surface area contributed by atoms with Gasteiger partial charge in [-0.3, -0.25) is 0 Å². The molecule has 0 atom stereocenters. The van der Waals surface area contributed by atoms with Crippen LogP contribution in [0.15, 0.2) is 18.2 Å². The van der Waals surface area contributed by atoms with Gasteiger partial charge in [-0.1, -0.05) is 64.1 Å². The van der Waals surface area contributed by atoms with Crippen LogP contribution in [0.4, 0.5) is 4.39 Å². The van der Waals surface area contributed by atoms with Crippen LogP contribution in [0.3, 0.4) is 0 Å². The zero-order valence-corrected chi connectivity index (χ0v) is 14.6. The minimum Gasteiger partial charge on any atom is -0.465 e. The molecule has 116 valence electrons. The van der Waals surface area contributed by atoms with Crippen LogP contribution >= 0.6 is 58.0 Å². The third kappa shape index (κ3) is 3.01. The van der Waals surface area contributed by atoms with Gasteiger partial charge in [0, 0.05) is 11.1 Å². The lowest BCUT2D eigenvalue weighted by Gasteiger charge is -2.13. The molecule has 0 aromatic heterocycles. The Bertz CT molecular complexity index is 747. The normalized spacial score (nSPS) is 10.7. The molecule has 0 radical (unpaired) electrons. The minimum absolute atomic E-state index is 0.0197. The molecular weight excluding hydrogens is 396 g/mol. The van der Waals surface area contributed by atoms with Gasteiger partial charge in [0.2, 0.25) is 0 Å². The lowest BCUT2D eigenvalue weighted by Crippen LogP contribution is -2.02. The first kappa shape index (κ1) is 17.6. The maximum Gasteiger partial charge on any atom is 0.337 e. The number of carbonyl (C=O) groups is 1. The molecule has 0 heterocycles. The molecule has 2 aromatic rings. The van der Waals surface area contributed by atoms with Gasteiger partial charge in [-0.05, 0) is 12.1 Å². The van der Waals surface area contributed by atoms with Gasteiger partial charge in [-0.2, -0.15) is 0 Å². The number of carbonyl (C=O) groups excluding carboxylic acids is 1. The third-order valence-corrected chi connectivity index (χ3v) is 5.15. The highest BCUT2D eigenvalue weighted by Gasteiger charge is 2.23. The zero-order chi connectivity index (χ0) is 16.6. The van der Waals surface area contributed by atoms with Crippen molar-refractivity contribution in [2.45, 2.75) is 0 Å².